The van der Waals surface area contributed by atoms with Crippen molar-refractivity contribution in [1.82, 2.24) is 9.55 Å². The number of aryl methyl sites for hydroxylation is 2. The maximum atomic E-state index is 9.03. The molecular formula is C8H14N2O2. The molecule has 0 saturated heterocycles. The number of rotatable bonds is 4. The van der Waals surface area contributed by atoms with Crippen LogP contribution in [0, 0.1) is 0 Å². The topological polar surface area (TPSA) is 47.3 Å². The average Bonchev–Trinajstić information content (AvgIpc) is 2.31. The van der Waals surface area contributed by atoms with Crippen molar-refractivity contribution < 1.29 is 9.84 Å². The summed E-state index contributed by atoms with van der Waals surface area (Å²) in [6.45, 7) is 0.730. The summed E-state index contributed by atoms with van der Waals surface area (Å²) < 4.78 is 6.74. The minimum Gasteiger partial charge on any atom is -0.492 e. The molecule has 68 valence electrons. The lowest BCUT2D eigenvalue weighted by Crippen LogP contribution is -1.99. The van der Waals surface area contributed by atoms with Crippen LogP contribution in [0.2, 0.25) is 0 Å². The van der Waals surface area contributed by atoms with E-state index in [2.05, 4.69) is 4.98 Å². The van der Waals surface area contributed by atoms with Gasteiger partial charge in [-0.2, -0.15) is 4.98 Å². The predicted octanol–water partition coefficient (Wildman–Crippen LogP) is 0.705. The fourth-order valence-electron chi connectivity index (χ4n) is 1.09. The first-order valence-corrected chi connectivity index (χ1v) is 3.94. The van der Waals surface area contributed by atoms with Crippen LogP contribution in [0.4, 0.5) is 0 Å². The zero-order chi connectivity index (χ0) is 8.97. The molecule has 0 aliphatic rings. The summed E-state index contributed by atoms with van der Waals surface area (Å²) in [6.07, 6.45) is 3.37. The molecule has 0 aliphatic carbocycles. The van der Waals surface area contributed by atoms with Crippen molar-refractivity contribution in [2.45, 2.75) is 12.8 Å². The van der Waals surface area contributed by atoms with Crippen LogP contribution in [0.1, 0.15) is 12.2 Å². The van der Waals surface area contributed by atoms with Gasteiger partial charge in [-0.25, -0.2) is 0 Å². The van der Waals surface area contributed by atoms with Gasteiger partial charge in [0.15, 0.2) is 0 Å². The van der Waals surface area contributed by atoms with Gasteiger partial charge in [0, 0.05) is 27.2 Å². The zero-order valence-electron chi connectivity index (χ0n) is 7.45. The van der Waals surface area contributed by atoms with Gasteiger partial charge >= 0.3 is 0 Å². The van der Waals surface area contributed by atoms with Gasteiger partial charge in [0.1, 0.15) is 5.82 Å². The number of nitrogens with zero attached hydrogens (tertiary/aromatic N) is 2. The standard InChI is InChI=1S/C8H14N2O2/c1-10-6-8(11)9-7(10)4-3-5-12-2/h6,11H,3-5H2,1-2H3. The fraction of sp³-hybridized carbons (Fsp3) is 0.625. The second kappa shape index (κ2) is 4.11. The van der Waals surface area contributed by atoms with Crippen molar-refractivity contribution in [3.05, 3.63) is 12.0 Å². The van der Waals surface area contributed by atoms with Gasteiger partial charge in [-0.05, 0) is 6.42 Å². The number of imidazole rings is 1. The van der Waals surface area contributed by atoms with E-state index >= 15 is 0 Å². The molecule has 1 N–H and O–H groups in total. The Hall–Kier alpha value is -1.03. The van der Waals surface area contributed by atoms with Crippen LogP contribution in [-0.2, 0) is 18.2 Å². The van der Waals surface area contributed by atoms with E-state index in [1.165, 1.54) is 0 Å². The summed E-state index contributed by atoms with van der Waals surface area (Å²) in [6, 6.07) is 0. The van der Waals surface area contributed by atoms with E-state index in [1.54, 1.807) is 13.3 Å². The molecule has 4 heteroatoms. The van der Waals surface area contributed by atoms with E-state index in [0.29, 0.717) is 0 Å². The van der Waals surface area contributed by atoms with Crippen molar-refractivity contribution in [3.8, 4) is 5.88 Å². The third kappa shape index (κ3) is 2.23. The summed E-state index contributed by atoms with van der Waals surface area (Å²) in [4.78, 5) is 3.94. The fourth-order valence-corrected chi connectivity index (χ4v) is 1.09. The van der Waals surface area contributed by atoms with Crippen LogP contribution in [0.5, 0.6) is 5.88 Å². The molecule has 0 saturated carbocycles. The molecule has 0 atom stereocenters. The second-order valence-corrected chi connectivity index (χ2v) is 2.72. The van der Waals surface area contributed by atoms with E-state index in [0.717, 1.165) is 25.3 Å². The highest BCUT2D eigenvalue weighted by atomic mass is 16.5. The van der Waals surface area contributed by atoms with E-state index in [4.69, 9.17) is 9.84 Å². The summed E-state index contributed by atoms with van der Waals surface area (Å²) in [5.41, 5.74) is 0. The molecule has 0 bridgehead atoms. The van der Waals surface area contributed by atoms with E-state index < -0.39 is 0 Å². The van der Waals surface area contributed by atoms with Crippen molar-refractivity contribution in [2.75, 3.05) is 13.7 Å². The third-order valence-corrected chi connectivity index (χ3v) is 1.71. The van der Waals surface area contributed by atoms with Crippen LogP contribution < -0.4 is 0 Å². The number of methoxy groups -OCH3 is 1. The predicted molar refractivity (Wildman–Crippen MR) is 45.1 cm³/mol. The van der Waals surface area contributed by atoms with E-state index in [-0.39, 0.29) is 5.88 Å². The van der Waals surface area contributed by atoms with Gasteiger partial charge in [-0.15, -0.1) is 0 Å². The molecule has 1 aromatic rings. The molecule has 0 aromatic carbocycles. The summed E-state index contributed by atoms with van der Waals surface area (Å²) in [5, 5.41) is 9.03. The molecule has 0 unspecified atom stereocenters. The van der Waals surface area contributed by atoms with Crippen molar-refractivity contribution in [1.29, 1.82) is 0 Å². The highest BCUT2D eigenvalue weighted by molar-refractivity contribution is 5.07. The lowest BCUT2D eigenvalue weighted by molar-refractivity contribution is 0.194. The second-order valence-electron chi connectivity index (χ2n) is 2.72. The lowest BCUT2D eigenvalue weighted by Gasteiger charge is -1.99. The summed E-state index contributed by atoms with van der Waals surface area (Å²) in [5.74, 6) is 0.981. The Bertz CT molecular complexity index is 245. The number of aromatic nitrogens is 2. The van der Waals surface area contributed by atoms with Crippen LogP contribution in [-0.4, -0.2) is 28.4 Å². The average molecular weight is 170 g/mol. The molecule has 0 radical (unpaired) electrons. The van der Waals surface area contributed by atoms with Gasteiger partial charge in [-0.1, -0.05) is 0 Å². The van der Waals surface area contributed by atoms with Crippen molar-refractivity contribution in [3.63, 3.8) is 0 Å². The third-order valence-electron chi connectivity index (χ3n) is 1.71. The molecule has 0 fully saturated rings. The number of ether oxygens (including phenoxy) is 1. The molecule has 1 heterocycles. The van der Waals surface area contributed by atoms with Crippen LogP contribution >= 0.6 is 0 Å². The first-order chi connectivity index (χ1) is 5.74. The molecule has 12 heavy (non-hydrogen) atoms. The van der Waals surface area contributed by atoms with Gasteiger partial charge in [-0.3, -0.25) is 0 Å². The Kier molecular flexibility index (Phi) is 3.10. The monoisotopic (exact) mass is 170 g/mol. The maximum Gasteiger partial charge on any atom is 0.229 e. The van der Waals surface area contributed by atoms with E-state index in [1.807, 2.05) is 11.6 Å². The summed E-state index contributed by atoms with van der Waals surface area (Å²) >= 11 is 0. The summed E-state index contributed by atoms with van der Waals surface area (Å²) in [7, 11) is 3.55. The molecule has 1 aromatic heterocycles. The van der Waals surface area contributed by atoms with Gasteiger partial charge in [0.25, 0.3) is 0 Å². The van der Waals surface area contributed by atoms with Crippen molar-refractivity contribution in [2.24, 2.45) is 7.05 Å². The highest BCUT2D eigenvalue weighted by Gasteiger charge is 2.02. The Morgan fingerprint density at radius 1 is 1.67 bits per heavy atom. The molecule has 0 amide bonds. The Balaban J connectivity index is 2.45. The minimum absolute atomic E-state index is 0.0879. The zero-order valence-corrected chi connectivity index (χ0v) is 7.45. The normalized spacial score (nSPS) is 10.5. The molecule has 1 rings (SSSR count). The first-order valence-electron chi connectivity index (χ1n) is 3.94. The maximum absolute atomic E-state index is 9.03. The van der Waals surface area contributed by atoms with Crippen LogP contribution in [0.25, 0.3) is 0 Å². The SMILES string of the molecule is COCCCc1nc(O)cn1C. The molecule has 0 aliphatic heterocycles. The van der Waals surface area contributed by atoms with Crippen LogP contribution in [0.3, 0.4) is 0 Å². The smallest absolute Gasteiger partial charge is 0.229 e. The Labute approximate surface area is 71.8 Å². The Morgan fingerprint density at radius 2 is 2.42 bits per heavy atom. The quantitative estimate of drug-likeness (QED) is 0.677. The number of hydrogen-bond donors (Lipinski definition) is 1. The van der Waals surface area contributed by atoms with Crippen LogP contribution in [0.15, 0.2) is 6.20 Å². The van der Waals surface area contributed by atoms with Crippen molar-refractivity contribution >= 4 is 0 Å². The van der Waals surface area contributed by atoms with Gasteiger partial charge in [0.2, 0.25) is 5.88 Å². The largest absolute Gasteiger partial charge is 0.492 e. The van der Waals surface area contributed by atoms with E-state index in [9.17, 15) is 0 Å². The number of aromatic hydroxyl groups is 1. The lowest BCUT2D eigenvalue weighted by atomic mass is 10.3. The molecule has 4 nitrogen and oxygen atoms in total. The van der Waals surface area contributed by atoms with Gasteiger partial charge < -0.3 is 14.4 Å². The molecular weight excluding hydrogens is 156 g/mol. The first kappa shape index (κ1) is 9.06. The number of hydrogen-bond acceptors (Lipinski definition) is 3. The highest BCUT2D eigenvalue weighted by Crippen LogP contribution is 2.08. The Morgan fingerprint density at radius 3 is 2.92 bits per heavy atom. The molecule has 0 spiro atoms. The van der Waals surface area contributed by atoms with Gasteiger partial charge in [0.05, 0.1) is 6.20 Å². The minimum atomic E-state index is 0.0879.